The highest BCUT2D eigenvalue weighted by Gasteiger charge is 2.08. The van der Waals surface area contributed by atoms with Crippen molar-refractivity contribution in [2.24, 2.45) is 0 Å². The topological polar surface area (TPSA) is 30.0 Å². The predicted molar refractivity (Wildman–Crippen MR) is 75.9 cm³/mol. The van der Waals surface area contributed by atoms with Crippen LogP contribution < -0.4 is 0 Å². The summed E-state index contributed by atoms with van der Waals surface area (Å²) in [6.07, 6.45) is 12.8. The van der Waals surface area contributed by atoms with E-state index in [0.717, 1.165) is 17.5 Å². The number of aryl methyl sites for hydroxylation is 1. The van der Waals surface area contributed by atoms with Crippen LogP contribution in [0.4, 0.5) is 0 Å². The van der Waals surface area contributed by atoms with Crippen molar-refractivity contribution in [3.63, 3.8) is 0 Å². The molecule has 1 aromatic heterocycles. The van der Waals surface area contributed by atoms with Gasteiger partial charge in [-0.05, 0) is 25.0 Å². The third-order valence-electron chi connectivity index (χ3n) is 3.35. The van der Waals surface area contributed by atoms with Gasteiger partial charge in [-0.15, -0.1) is 0 Å². The van der Waals surface area contributed by atoms with E-state index in [0.29, 0.717) is 6.42 Å². The van der Waals surface area contributed by atoms with Gasteiger partial charge in [0.15, 0.2) is 5.78 Å². The van der Waals surface area contributed by atoms with Crippen LogP contribution in [-0.4, -0.2) is 10.8 Å². The van der Waals surface area contributed by atoms with E-state index < -0.39 is 0 Å². The molecule has 1 aromatic rings. The highest BCUT2D eigenvalue weighted by atomic mass is 16.1. The number of carbonyl (C=O) groups is 1. The molecule has 100 valence electrons. The fourth-order valence-electron chi connectivity index (χ4n) is 2.13. The van der Waals surface area contributed by atoms with Gasteiger partial charge in [-0.3, -0.25) is 9.78 Å². The first kappa shape index (κ1) is 14.9. The standard InChI is InChI=1S/C16H25NO/c1-3-4-5-6-7-8-9-10-16(18)15-13-17-12-11-14(15)2/h11-13H,3-10H2,1-2H3. The summed E-state index contributed by atoms with van der Waals surface area (Å²) >= 11 is 0. The SMILES string of the molecule is CCCCCCCCCC(=O)c1cnccc1C. The van der Waals surface area contributed by atoms with Crippen molar-refractivity contribution in [3.8, 4) is 0 Å². The van der Waals surface area contributed by atoms with Gasteiger partial charge in [-0.1, -0.05) is 45.4 Å². The lowest BCUT2D eigenvalue weighted by molar-refractivity contribution is 0.0978. The van der Waals surface area contributed by atoms with Crippen molar-refractivity contribution in [2.45, 2.75) is 65.2 Å². The Balaban J connectivity index is 2.16. The molecule has 0 spiro atoms. The van der Waals surface area contributed by atoms with Gasteiger partial charge in [0, 0.05) is 24.4 Å². The molecule has 0 atom stereocenters. The number of nitrogens with zero attached hydrogens (tertiary/aromatic N) is 1. The van der Waals surface area contributed by atoms with E-state index >= 15 is 0 Å². The van der Waals surface area contributed by atoms with E-state index in [-0.39, 0.29) is 5.78 Å². The Morgan fingerprint density at radius 3 is 2.44 bits per heavy atom. The third kappa shape index (κ3) is 5.44. The van der Waals surface area contributed by atoms with Gasteiger partial charge in [0.2, 0.25) is 0 Å². The number of hydrogen-bond acceptors (Lipinski definition) is 2. The molecular formula is C16H25NO. The van der Waals surface area contributed by atoms with Gasteiger partial charge in [0.25, 0.3) is 0 Å². The molecular weight excluding hydrogens is 222 g/mol. The molecule has 0 radical (unpaired) electrons. The van der Waals surface area contributed by atoms with Crippen LogP contribution >= 0.6 is 0 Å². The number of Topliss-reactive ketones (excluding diaryl/α,β-unsaturated/α-hetero) is 1. The first-order valence-electron chi connectivity index (χ1n) is 7.19. The quantitative estimate of drug-likeness (QED) is 0.467. The highest BCUT2D eigenvalue weighted by Crippen LogP contribution is 2.13. The zero-order chi connectivity index (χ0) is 13.2. The number of rotatable bonds is 9. The number of ketones is 1. The third-order valence-corrected chi connectivity index (χ3v) is 3.35. The number of carbonyl (C=O) groups excluding carboxylic acids is 1. The summed E-state index contributed by atoms with van der Waals surface area (Å²) in [7, 11) is 0. The van der Waals surface area contributed by atoms with E-state index in [4.69, 9.17) is 0 Å². The van der Waals surface area contributed by atoms with E-state index in [2.05, 4.69) is 11.9 Å². The van der Waals surface area contributed by atoms with E-state index in [1.54, 1.807) is 12.4 Å². The average molecular weight is 247 g/mol. The largest absolute Gasteiger partial charge is 0.294 e. The van der Waals surface area contributed by atoms with Crippen LogP contribution in [0, 0.1) is 6.92 Å². The normalized spacial score (nSPS) is 10.6. The fraction of sp³-hybridized carbons (Fsp3) is 0.625. The molecule has 0 amide bonds. The van der Waals surface area contributed by atoms with Crippen molar-refractivity contribution < 1.29 is 4.79 Å². The summed E-state index contributed by atoms with van der Waals surface area (Å²) in [4.78, 5) is 16.0. The van der Waals surface area contributed by atoms with Gasteiger partial charge >= 0.3 is 0 Å². The average Bonchev–Trinajstić information content (AvgIpc) is 2.38. The highest BCUT2D eigenvalue weighted by molar-refractivity contribution is 5.97. The molecule has 0 unspecified atom stereocenters. The Labute approximate surface area is 111 Å². The Morgan fingerprint density at radius 2 is 1.78 bits per heavy atom. The predicted octanol–water partition coefficient (Wildman–Crippen LogP) is 4.71. The Bertz CT molecular complexity index is 360. The number of hydrogen-bond donors (Lipinski definition) is 0. The maximum Gasteiger partial charge on any atom is 0.164 e. The second-order valence-corrected chi connectivity index (χ2v) is 4.99. The van der Waals surface area contributed by atoms with Crippen molar-refractivity contribution >= 4 is 5.78 Å². The maximum atomic E-state index is 12.0. The van der Waals surface area contributed by atoms with Crippen molar-refractivity contribution in [1.29, 1.82) is 0 Å². The van der Waals surface area contributed by atoms with Crippen molar-refractivity contribution in [2.75, 3.05) is 0 Å². The smallest absolute Gasteiger partial charge is 0.164 e. The summed E-state index contributed by atoms with van der Waals surface area (Å²) in [5, 5.41) is 0. The lowest BCUT2D eigenvalue weighted by Crippen LogP contribution is -2.02. The molecule has 1 rings (SSSR count). The van der Waals surface area contributed by atoms with Crippen LogP contribution in [-0.2, 0) is 0 Å². The molecule has 0 saturated carbocycles. The summed E-state index contributed by atoms with van der Waals surface area (Å²) in [6.45, 7) is 4.20. The van der Waals surface area contributed by atoms with Crippen molar-refractivity contribution in [3.05, 3.63) is 29.6 Å². The van der Waals surface area contributed by atoms with Crippen molar-refractivity contribution in [1.82, 2.24) is 4.98 Å². The molecule has 18 heavy (non-hydrogen) atoms. The molecule has 1 heterocycles. The minimum absolute atomic E-state index is 0.245. The van der Waals surface area contributed by atoms with E-state index in [9.17, 15) is 4.79 Å². The van der Waals surface area contributed by atoms with Crippen LogP contribution in [0.5, 0.6) is 0 Å². The number of pyridine rings is 1. The van der Waals surface area contributed by atoms with E-state index in [1.165, 1.54) is 38.5 Å². The molecule has 0 saturated heterocycles. The molecule has 0 fully saturated rings. The second kappa shape index (κ2) is 8.84. The van der Waals surface area contributed by atoms with Gasteiger partial charge in [0.05, 0.1) is 0 Å². The minimum atomic E-state index is 0.245. The summed E-state index contributed by atoms with van der Waals surface area (Å²) in [6, 6.07) is 1.90. The molecule has 0 aliphatic heterocycles. The van der Waals surface area contributed by atoms with Gasteiger partial charge < -0.3 is 0 Å². The zero-order valence-corrected chi connectivity index (χ0v) is 11.7. The lowest BCUT2D eigenvalue weighted by Gasteiger charge is -2.04. The Morgan fingerprint density at radius 1 is 1.11 bits per heavy atom. The summed E-state index contributed by atoms with van der Waals surface area (Å²) < 4.78 is 0. The molecule has 0 bridgehead atoms. The van der Waals surface area contributed by atoms with Crippen LogP contribution in [0.15, 0.2) is 18.5 Å². The van der Waals surface area contributed by atoms with Crippen LogP contribution in [0.3, 0.4) is 0 Å². The number of aromatic nitrogens is 1. The molecule has 2 heteroatoms. The molecule has 0 aliphatic rings. The van der Waals surface area contributed by atoms with Gasteiger partial charge in [-0.25, -0.2) is 0 Å². The summed E-state index contributed by atoms with van der Waals surface area (Å²) in [5.74, 6) is 0.245. The first-order valence-corrected chi connectivity index (χ1v) is 7.19. The second-order valence-electron chi connectivity index (χ2n) is 4.99. The Hall–Kier alpha value is -1.18. The summed E-state index contributed by atoms with van der Waals surface area (Å²) in [5.41, 5.74) is 1.83. The molecule has 2 nitrogen and oxygen atoms in total. The zero-order valence-electron chi connectivity index (χ0n) is 11.7. The maximum absolute atomic E-state index is 12.0. The van der Waals surface area contributed by atoms with Gasteiger partial charge in [-0.2, -0.15) is 0 Å². The monoisotopic (exact) mass is 247 g/mol. The fourth-order valence-corrected chi connectivity index (χ4v) is 2.13. The van der Waals surface area contributed by atoms with Crippen LogP contribution in [0.25, 0.3) is 0 Å². The number of unbranched alkanes of at least 4 members (excludes halogenated alkanes) is 6. The van der Waals surface area contributed by atoms with Crippen LogP contribution in [0.1, 0.15) is 74.2 Å². The van der Waals surface area contributed by atoms with Gasteiger partial charge in [0.1, 0.15) is 0 Å². The van der Waals surface area contributed by atoms with Crippen LogP contribution in [0.2, 0.25) is 0 Å². The molecule has 0 aliphatic carbocycles. The molecule has 0 aromatic carbocycles. The first-order chi connectivity index (χ1) is 8.75. The Kier molecular flexibility index (Phi) is 7.31. The van der Waals surface area contributed by atoms with E-state index in [1.807, 2.05) is 13.0 Å². The molecule has 0 N–H and O–H groups in total. The lowest BCUT2D eigenvalue weighted by atomic mass is 10.0. The minimum Gasteiger partial charge on any atom is -0.294 e.